The lowest BCUT2D eigenvalue weighted by Gasteiger charge is -2.21. The van der Waals surface area contributed by atoms with Gasteiger partial charge in [-0.05, 0) is 49.4 Å². The van der Waals surface area contributed by atoms with E-state index in [2.05, 4.69) is 55.4 Å². The summed E-state index contributed by atoms with van der Waals surface area (Å²) in [7, 11) is -9.90. The van der Waals surface area contributed by atoms with Gasteiger partial charge in [0.15, 0.2) is 12.2 Å². The van der Waals surface area contributed by atoms with Gasteiger partial charge in [-0.1, -0.05) is 293 Å². The molecule has 0 rings (SSSR count). The quantitative estimate of drug-likeness (QED) is 0.0222. The molecule has 4 unspecified atom stereocenters. The Labute approximate surface area is 543 Å². The molecule has 0 amide bonds. The molecule has 7 atom stereocenters. The molecule has 0 fully saturated rings. The zero-order valence-electron chi connectivity index (χ0n) is 58.1. The number of aliphatic hydroxyl groups is 1. The van der Waals surface area contributed by atoms with E-state index in [-0.39, 0.29) is 25.7 Å². The highest BCUT2D eigenvalue weighted by atomic mass is 31.2. The van der Waals surface area contributed by atoms with E-state index in [1.807, 2.05) is 0 Å². The Morgan fingerprint density at radius 2 is 0.539 bits per heavy atom. The topological polar surface area (TPSA) is 237 Å². The third-order valence-electron chi connectivity index (χ3n) is 16.8. The van der Waals surface area contributed by atoms with Crippen molar-refractivity contribution in [3.63, 3.8) is 0 Å². The SMILES string of the molecule is CCC(C)CCCCCCCCC(=O)OC[C@H](COP(=O)(O)OC[C@@H](O)COP(=O)(O)OC[C@@H](COC(=O)CCCCCCCCC(C)CC)OC(=O)CCCCCCCCCC(C)C)OC(=O)CCCCCCCCCCCCCCCCCCC(C)C. The van der Waals surface area contributed by atoms with Gasteiger partial charge >= 0.3 is 39.5 Å². The number of ether oxygens (including phenoxy) is 4. The van der Waals surface area contributed by atoms with Crippen molar-refractivity contribution >= 4 is 39.5 Å². The summed E-state index contributed by atoms with van der Waals surface area (Å²) in [5.74, 6) is 0.833. The van der Waals surface area contributed by atoms with Gasteiger partial charge in [-0.3, -0.25) is 37.3 Å². The van der Waals surface area contributed by atoms with Crippen LogP contribution in [-0.4, -0.2) is 96.7 Å². The zero-order valence-corrected chi connectivity index (χ0v) is 59.8. The van der Waals surface area contributed by atoms with Gasteiger partial charge in [0.05, 0.1) is 26.4 Å². The van der Waals surface area contributed by atoms with Gasteiger partial charge in [0.25, 0.3) is 0 Å². The highest BCUT2D eigenvalue weighted by molar-refractivity contribution is 7.47. The van der Waals surface area contributed by atoms with E-state index in [0.717, 1.165) is 120 Å². The van der Waals surface area contributed by atoms with Crippen molar-refractivity contribution in [2.75, 3.05) is 39.6 Å². The highest BCUT2D eigenvalue weighted by Crippen LogP contribution is 2.45. The number of phosphoric acid groups is 2. The van der Waals surface area contributed by atoms with E-state index in [0.29, 0.717) is 31.6 Å². The van der Waals surface area contributed by atoms with Crippen LogP contribution in [0.25, 0.3) is 0 Å². The number of hydrogen-bond acceptors (Lipinski definition) is 15. The number of carbonyl (C=O) groups is 4. The van der Waals surface area contributed by atoms with E-state index in [9.17, 15) is 43.2 Å². The maximum absolute atomic E-state index is 13.0. The van der Waals surface area contributed by atoms with E-state index in [4.69, 9.17) is 37.0 Å². The summed E-state index contributed by atoms with van der Waals surface area (Å²) in [6, 6.07) is 0. The zero-order chi connectivity index (χ0) is 66.1. The van der Waals surface area contributed by atoms with Crippen LogP contribution >= 0.6 is 15.6 Å². The Kier molecular flexibility index (Phi) is 58.5. The highest BCUT2D eigenvalue weighted by Gasteiger charge is 2.30. The van der Waals surface area contributed by atoms with Gasteiger partial charge < -0.3 is 33.8 Å². The summed E-state index contributed by atoms with van der Waals surface area (Å²) >= 11 is 0. The Morgan fingerprint density at radius 3 is 0.798 bits per heavy atom. The second kappa shape index (κ2) is 59.8. The minimum Gasteiger partial charge on any atom is -0.462 e. The molecule has 0 aliphatic heterocycles. The molecule has 0 aromatic rings. The summed E-state index contributed by atoms with van der Waals surface area (Å²) in [6.07, 6.45) is 41.9. The van der Waals surface area contributed by atoms with Crippen LogP contribution in [0.5, 0.6) is 0 Å². The lowest BCUT2D eigenvalue weighted by molar-refractivity contribution is -0.161. The predicted octanol–water partition coefficient (Wildman–Crippen LogP) is 19.7. The summed E-state index contributed by atoms with van der Waals surface area (Å²) in [5, 5.41) is 10.6. The molecular formula is C70H136O17P2. The average Bonchev–Trinajstić information content (AvgIpc) is 3.71. The largest absolute Gasteiger partial charge is 0.472 e. The number of phosphoric ester groups is 2. The van der Waals surface area contributed by atoms with Crippen molar-refractivity contribution in [2.45, 2.75) is 363 Å². The molecule has 0 heterocycles. The maximum Gasteiger partial charge on any atom is 0.472 e. The van der Waals surface area contributed by atoms with Crippen LogP contribution < -0.4 is 0 Å². The summed E-state index contributed by atoms with van der Waals surface area (Å²) < 4.78 is 68.2. The van der Waals surface area contributed by atoms with Crippen molar-refractivity contribution < 1.29 is 80.2 Å². The molecule has 528 valence electrons. The first-order chi connectivity index (χ1) is 42.7. The molecule has 17 nitrogen and oxygen atoms in total. The third kappa shape index (κ3) is 62.0. The lowest BCUT2D eigenvalue weighted by atomic mass is 10.00. The molecule has 0 saturated heterocycles. The number of hydrogen-bond donors (Lipinski definition) is 3. The van der Waals surface area contributed by atoms with Gasteiger partial charge in [0.1, 0.15) is 19.3 Å². The van der Waals surface area contributed by atoms with Crippen molar-refractivity contribution in [2.24, 2.45) is 23.7 Å². The fourth-order valence-electron chi connectivity index (χ4n) is 10.4. The van der Waals surface area contributed by atoms with Gasteiger partial charge in [-0.15, -0.1) is 0 Å². The molecule has 0 radical (unpaired) electrons. The monoisotopic (exact) mass is 1310 g/mol. The van der Waals surface area contributed by atoms with Crippen molar-refractivity contribution in [1.82, 2.24) is 0 Å². The minimum absolute atomic E-state index is 0.102. The van der Waals surface area contributed by atoms with E-state index in [1.165, 1.54) is 135 Å². The predicted molar refractivity (Wildman–Crippen MR) is 358 cm³/mol. The lowest BCUT2D eigenvalue weighted by Crippen LogP contribution is -2.30. The Balaban J connectivity index is 5.20. The first kappa shape index (κ1) is 87.1. The number of esters is 4. The van der Waals surface area contributed by atoms with Crippen LogP contribution in [0.1, 0.15) is 344 Å². The molecule has 0 bridgehead atoms. The van der Waals surface area contributed by atoms with Crippen LogP contribution in [-0.2, 0) is 65.4 Å². The van der Waals surface area contributed by atoms with Crippen LogP contribution in [0.2, 0.25) is 0 Å². The fourth-order valence-corrected chi connectivity index (χ4v) is 12.0. The van der Waals surface area contributed by atoms with Crippen LogP contribution in [0.3, 0.4) is 0 Å². The Hall–Kier alpha value is -1.94. The van der Waals surface area contributed by atoms with Crippen molar-refractivity contribution in [3.05, 3.63) is 0 Å². The second-order valence-corrected chi connectivity index (χ2v) is 29.6. The molecule has 0 aliphatic carbocycles. The van der Waals surface area contributed by atoms with Gasteiger partial charge in [0.2, 0.25) is 0 Å². The standard InChI is InChI=1S/C70H136O17P2/c1-9-62(7)48-40-32-26-28-34-42-50-67(72)80-56-65(86-69(74)52-44-36-24-20-18-16-14-12-11-13-15-17-19-22-30-38-46-60(3)4)58-84-88(76,77)82-54-64(71)55-83-89(78,79)85-59-66(87-70(75)53-45-37-25-21-23-31-39-47-61(5)6)57-81-68(73)51-43-35-29-27-33-41-49-63(8)10-2/h60-66,71H,9-59H2,1-8H3,(H,76,77)(H,78,79)/t62?,63?,64-,65-,66-/m1/s1. The number of rotatable bonds is 67. The molecule has 0 aromatic carbocycles. The number of unbranched alkanes of at least 4 members (excludes halogenated alkanes) is 31. The number of carbonyl (C=O) groups excluding carboxylic acids is 4. The van der Waals surface area contributed by atoms with Gasteiger partial charge in [-0.2, -0.15) is 0 Å². The molecule has 0 saturated carbocycles. The fraction of sp³-hybridized carbons (Fsp3) is 0.943. The van der Waals surface area contributed by atoms with E-state index < -0.39 is 97.5 Å². The van der Waals surface area contributed by atoms with Crippen LogP contribution in [0, 0.1) is 23.7 Å². The normalized spacial score (nSPS) is 14.9. The van der Waals surface area contributed by atoms with E-state index >= 15 is 0 Å². The Bertz CT molecular complexity index is 1770. The molecule has 0 spiro atoms. The molecule has 3 N–H and O–H groups in total. The number of aliphatic hydroxyl groups excluding tert-OH is 1. The summed E-state index contributed by atoms with van der Waals surface area (Å²) in [5.41, 5.74) is 0. The Morgan fingerprint density at radius 1 is 0.315 bits per heavy atom. The second-order valence-electron chi connectivity index (χ2n) is 26.7. The van der Waals surface area contributed by atoms with Crippen molar-refractivity contribution in [3.8, 4) is 0 Å². The molecule has 0 aliphatic rings. The smallest absolute Gasteiger partial charge is 0.462 e. The molecule has 19 heteroatoms. The summed E-state index contributed by atoms with van der Waals surface area (Å²) in [4.78, 5) is 72.4. The summed E-state index contributed by atoms with van der Waals surface area (Å²) in [6.45, 7) is 14.0. The van der Waals surface area contributed by atoms with Gasteiger partial charge in [0, 0.05) is 25.7 Å². The van der Waals surface area contributed by atoms with Crippen LogP contribution in [0.15, 0.2) is 0 Å². The molecular weight excluding hydrogens is 1170 g/mol. The minimum atomic E-state index is -4.95. The first-order valence-electron chi connectivity index (χ1n) is 36.3. The first-order valence-corrected chi connectivity index (χ1v) is 39.3. The third-order valence-corrected chi connectivity index (χ3v) is 18.7. The maximum atomic E-state index is 13.0. The van der Waals surface area contributed by atoms with Crippen molar-refractivity contribution in [1.29, 1.82) is 0 Å². The van der Waals surface area contributed by atoms with Gasteiger partial charge in [-0.25, -0.2) is 9.13 Å². The average molecular weight is 1310 g/mol. The molecule has 89 heavy (non-hydrogen) atoms. The van der Waals surface area contributed by atoms with Crippen LogP contribution in [0.4, 0.5) is 0 Å². The molecule has 0 aromatic heterocycles. The van der Waals surface area contributed by atoms with E-state index in [1.54, 1.807) is 0 Å².